The Hall–Kier alpha value is -0.580. The normalized spacial score (nSPS) is 13.4. The van der Waals surface area contributed by atoms with Gasteiger partial charge in [-0.3, -0.25) is 0 Å². The Morgan fingerprint density at radius 3 is 2.80 bits per heavy atom. The molecule has 0 radical (unpaired) electrons. The summed E-state index contributed by atoms with van der Waals surface area (Å²) in [6, 6.07) is 1.21. The molecule has 0 spiro atoms. The molecule has 1 unspecified atom stereocenters. The van der Waals surface area contributed by atoms with Gasteiger partial charge < -0.3 is 15.9 Å². The number of thiophene rings is 1. The van der Waals surface area contributed by atoms with Crippen molar-refractivity contribution < 1.29 is 10.2 Å². The topological polar surface area (TPSA) is 66.5 Å². The molecule has 1 rings (SSSR count). The summed E-state index contributed by atoms with van der Waals surface area (Å²) in [5.74, 6) is 0.212. The molecule has 56 valence electrons. The number of hydrogen-bond donors (Lipinski definition) is 3. The summed E-state index contributed by atoms with van der Waals surface area (Å²) in [5.41, 5.74) is 5.46. The lowest BCUT2D eigenvalue weighted by atomic mass is 10.3. The first-order valence-corrected chi connectivity index (χ1v) is 3.76. The predicted octanol–water partition coefficient (Wildman–Crippen LogP) is 0.446. The molecule has 4 N–H and O–H groups in total. The van der Waals surface area contributed by atoms with Gasteiger partial charge in [0.25, 0.3) is 0 Å². The second-order valence-corrected chi connectivity index (χ2v) is 2.94. The molecular weight excluding hydrogens is 150 g/mol. The number of aromatic hydroxyl groups is 1. The Balaban J connectivity index is 2.74. The first-order valence-electron chi connectivity index (χ1n) is 2.88. The number of hydrogen-bond acceptors (Lipinski definition) is 4. The van der Waals surface area contributed by atoms with E-state index >= 15 is 0 Å². The lowest BCUT2D eigenvalue weighted by Crippen LogP contribution is -2.12. The van der Waals surface area contributed by atoms with Gasteiger partial charge in [0, 0.05) is 10.3 Å². The maximum absolute atomic E-state index is 8.87. The second kappa shape index (κ2) is 3.01. The minimum absolute atomic E-state index is 0.0834. The van der Waals surface area contributed by atoms with Gasteiger partial charge in [0.05, 0.1) is 12.6 Å². The number of aliphatic hydroxyl groups excluding tert-OH is 1. The Morgan fingerprint density at radius 1 is 1.70 bits per heavy atom. The molecule has 0 bridgehead atoms. The Morgan fingerprint density at radius 2 is 2.40 bits per heavy atom. The average Bonchev–Trinajstić information content (AvgIpc) is 2.34. The summed E-state index contributed by atoms with van der Waals surface area (Å²) in [6.07, 6.45) is 0. The van der Waals surface area contributed by atoms with E-state index in [1.807, 2.05) is 0 Å². The molecule has 3 nitrogen and oxygen atoms in total. The second-order valence-electron chi connectivity index (χ2n) is 2.00. The van der Waals surface area contributed by atoms with Crippen molar-refractivity contribution in [2.24, 2.45) is 5.73 Å². The molecule has 0 aliphatic carbocycles. The molecule has 0 aromatic carbocycles. The van der Waals surface area contributed by atoms with Crippen LogP contribution in [-0.4, -0.2) is 16.8 Å². The van der Waals surface area contributed by atoms with Crippen LogP contribution in [0.1, 0.15) is 10.9 Å². The highest BCUT2D eigenvalue weighted by Crippen LogP contribution is 2.23. The van der Waals surface area contributed by atoms with Crippen molar-refractivity contribution in [3.8, 4) is 5.75 Å². The maximum Gasteiger partial charge on any atom is 0.126 e. The van der Waals surface area contributed by atoms with Crippen molar-refractivity contribution in [3.63, 3.8) is 0 Å². The van der Waals surface area contributed by atoms with Crippen LogP contribution in [0.25, 0.3) is 0 Å². The van der Waals surface area contributed by atoms with E-state index in [1.54, 1.807) is 11.4 Å². The van der Waals surface area contributed by atoms with Gasteiger partial charge in [-0.05, 0) is 6.07 Å². The van der Waals surface area contributed by atoms with Crippen LogP contribution >= 0.6 is 11.3 Å². The van der Waals surface area contributed by atoms with Crippen molar-refractivity contribution in [2.75, 3.05) is 6.61 Å². The fourth-order valence-electron chi connectivity index (χ4n) is 0.627. The zero-order valence-electron chi connectivity index (χ0n) is 5.32. The molecule has 1 aromatic heterocycles. The predicted molar refractivity (Wildman–Crippen MR) is 40.0 cm³/mol. The fraction of sp³-hybridized carbons (Fsp3) is 0.333. The third kappa shape index (κ3) is 1.47. The minimum atomic E-state index is -0.356. The van der Waals surface area contributed by atoms with Gasteiger partial charge in [0.2, 0.25) is 0 Å². The zero-order chi connectivity index (χ0) is 7.56. The van der Waals surface area contributed by atoms with Gasteiger partial charge in [-0.2, -0.15) is 0 Å². The van der Waals surface area contributed by atoms with Gasteiger partial charge in [-0.25, -0.2) is 0 Å². The number of aliphatic hydroxyl groups is 1. The average molecular weight is 159 g/mol. The molecule has 4 heteroatoms. The fourth-order valence-corrected chi connectivity index (χ4v) is 1.39. The van der Waals surface area contributed by atoms with E-state index in [0.29, 0.717) is 0 Å². The van der Waals surface area contributed by atoms with Gasteiger partial charge in [0.15, 0.2) is 0 Å². The molecule has 0 amide bonds. The molecule has 0 aliphatic heterocycles. The van der Waals surface area contributed by atoms with Gasteiger partial charge in [0.1, 0.15) is 5.75 Å². The quantitative estimate of drug-likeness (QED) is 0.586. The Bertz CT molecular complexity index is 211. The van der Waals surface area contributed by atoms with E-state index in [1.165, 1.54) is 11.3 Å². The van der Waals surface area contributed by atoms with Crippen LogP contribution in [0.5, 0.6) is 5.75 Å². The Labute approximate surface area is 62.7 Å². The lowest BCUT2D eigenvalue weighted by molar-refractivity contribution is 0.269. The zero-order valence-corrected chi connectivity index (χ0v) is 6.14. The van der Waals surface area contributed by atoms with Gasteiger partial charge in [-0.15, -0.1) is 11.3 Å². The standard InChI is InChI=1S/C6H9NO2S/c7-5(2-8)6-1-4(9)3-10-6/h1,3,5,8-9H,2,7H2. The third-order valence-corrected chi connectivity index (χ3v) is 2.22. The highest BCUT2D eigenvalue weighted by molar-refractivity contribution is 7.10. The monoisotopic (exact) mass is 159 g/mol. The molecule has 1 aromatic rings. The van der Waals surface area contributed by atoms with Crippen LogP contribution in [0.4, 0.5) is 0 Å². The van der Waals surface area contributed by atoms with Crippen LogP contribution in [0.3, 0.4) is 0 Å². The molecular formula is C6H9NO2S. The van der Waals surface area contributed by atoms with Gasteiger partial charge in [-0.1, -0.05) is 0 Å². The molecule has 10 heavy (non-hydrogen) atoms. The van der Waals surface area contributed by atoms with E-state index in [9.17, 15) is 0 Å². The molecule has 0 fully saturated rings. The largest absolute Gasteiger partial charge is 0.507 e. The minimum Gasteiger partial charge on any atom is -0.507 e. The first kappa shape index (κ1) is 7.53. The van der Waals surface area contributed by atoms with Crippen LogP contribution in [0.2, 0.25) is 0 Å². The van der Waals surface area contributed by atoms with Crippen molar-refractivity contribution in [2.45, 2.75) is 6.04 Å². The van der Waals surface area contributed by atoms with Crippen molar-refractivity contribution in [3.05, 3.63) is 16.3 Å². The van der Waals surface area contributed by atoms with Crippen molar-refractivity contribution in [1.82, 2.24) is 0 Å². The smallest absolute Gasteiger partial charge is 0.126 e. The highest BCUT2D eigenvalue weighted by atomic mass is 32.1. The third-order valence-electron chi connectivity index (χ3n) is 1.17. The molecule has 0 saturated carbocycles. The summed E-state index contributed by atoms with van der Waals surface area (Å²) in [6.45, 7) is -0.0834. The summed E-state index contributed by atoms with van der Waals surface area (Å²) < 4.78 is 0. The van der Waals surface area contributed by atoms with Crippen LogP contribution < -0.4 is 5.73 Å². The van der Waals surface area contributed by atoms with E-state index in [-0.39, 0.29) is 18.4 Å². The maximum atomic E-state index is 8.87. The molecule has 0 aliphatic rings. The van der Waals surface area contributed by atoms with E-state index in [0.717, 1.165) is 4.88 Å². The number of nitrogens with two attached hydrogens (primary N) is 1. The van der Waals surface area contributed by atoms with Crippen LogP contribution in [-0.2, 0) is 0 Å². The lowest BCUT2D eigenvalue weighted by Gasteiger charge is -2.01. The van der Waals surface area contributed by atoms with Crippen molar-refractivity contribution >= 4 is 11.3 Å². The number of rotatable bonds is 2. The van der Waals surface area contributed by atoms with E-state index in [2.05, 4.69) is 0 Å². The SMILES string of the molecule is NC(CO)c1cc(O)cs1. The highest BCUT2D eigenvalue weighted by Gasteiger charge is 2.06. The van der Waals surface area contributed by atoms with E-state index < -0.39 is 0 Å². The molecule has 0 saturated heterocycles. The van der Waals surface area contributed by atoms with Crippen LogP contribution in [0.15, 0.2) is 11.4 Å². The Kier molecular flexibility index (Phi) is 2.26. The van der Waals surface area contributed by atoms with Crippen molar-refractivity contribution in [1.29, 1.82) is 0 Å². The summed E-state index contributed by atoms with van der Waals surface area (Å²) in [7, 11) is 0. The molecule has 1 heterocycles. The summed E-state index contributed by atoms with van der Waals surface area (Å²) in [4.78, 5) is 0.806. The summed E-state index contributed by atoms with van der Waals surface area (Å²) in [5, 5.41) is 19.1. The van der Waals surface area contributed by atoms with E-state index in [4.69, 9.17) is 15.9 Å². The van der Waals surface area contributed by atoms with Crippen LogP contribution in [0, 0.1) is 0 Å². The molecule has 1 atom stereocenters. The summed E-state index contributed by atoms with van der Waals surface area (Å²) >= 11 is 1.35. The van der Waals surface area contributed by atoms with Gasteiger partial charge >= 0.3 is 0 Å². The first-order chi connectivity index (χ1) is 4.74.